The molecule has 0 aliphatic heterocycles. The summed E-state index contributed by atoms with van der Waals surface area (Å²) >= 11 is 3.33. The van der Waals surface area contributed by atoms with Crippen LogP contribution in [0.15, 0.2) is 28.7 Å². The summed E-state index contributed by atoms with van der Waals surface area (Å²) in [5.41, 5.74) is 5.84. The Kier molecular flexibility index (Phi) is 3.57. The van der Waals surface area contributed by atoms with Crippen LogP contribution in [0.1, 0.15) is 18.4 Å². The number of halogens is 1. The van der Waals surface area contributed by atoms with E-state index >= 15 is 0 Å². The largest absolute Gasteiger partial charge is 0.394 e. The molecule has 1 aromatic carbocycles. The summed E-state index contributed by atoms with van der Waals surface area (Å²) in [5.74, 6) is -0.274. The number of rotatable bonds is 4. The van der Waals surface area contributed by atoms with Crippen LogP contribution >= 0.6 is 15.9 Å². The third-order valence-corrected chi connectivity index (χ3v) is 6.41. The molecule has 0 bridgehead atoms. The molecule has 0 saturated heterocycles. The molecule has 0 aromatic heterocycles. The Bertz CT molecular complexity index is 543. The van der Waals surface area contributed by atoms with Crippen molar-refractivity contribution in [1.82, 2.24) is 0 Å². The molecule has 1 saturated carbocycles. The summed E-state index contributed by atoms with van der Waals surface area (Å²) < 4.78 is 24.9. The first-order valence-corrected chi connectivity index (χ1v) is 8.24. The van der Waals surface area contributed by atoms with Crippen LogP contribution in [0.25, 0.3) is 0 Å². The van der Waals surface area contributed by atoms with Gasteiger partial charge in [-0.25, -0.2) is 8.42 Å². The van der Waals surface area contributed by atoms with Crippen molar-refractivity contribution in [2.24, 2.45) is 5.73 Å². The van der Waals surface area contributed by atoms with Gasteiger partial charge in [0, 0.05) is 16.1 Å². The molecule has 3 atom stereocenters. The number of sulfone groups is 1. The minimum absolute atomic E-state index is 0.0453. The molecule has 0 heterocycles. The van der Waals surface area contributed by atoms with Gasteiger partial charge in [-0.05, 0) is 17.7 Å². The molecule has 1 fully saturated rings. The lowest BCUT2D eigenvalue weighted by Gasteiger charge is -2.07. The fourth-order valence-corrected chi connectivity index (χ4v) is 4.75. The van der Waals surface area contributed by atoms with Crippen molar-refractivity contribution in [1.29, 1.82) is 0 Å². The standard InChI is InChI=1S/C12H16BrNO3S/c1-2-18(16,17)11-10(12(11,14)7-15)8-3-5-9(13)6-4-8/h3-6,10-11,15H,2,7,14H2,1H3/t10-,11-,12+/m1/s1. The summed E-state index contributed by atoms with van der Waals surface area (Å²) in [6.45, 7) is 1.28. The van der Waals surface area contributed by atoms with Crippen LogP contribution in [0.2, 0.25) is 0 Å². The smallest absolute Gasteiger partial charge is 0.155 e. The summed E-state index contributed by atoms with van der Waals surface area (Å²) in [6.07, 6.45) is 0. The summed E-state index contributed by atoms with van der Waals surface area (Å²) in [4.78, 5) is 0. The lowest BCUT2D eigenvalue weighted by Crippen LogP contribution is -2.35. The molecule has 0 radical (unpaired) electrons. The molecule has 18 heavy (non-hydrogen) atoms. The third-order valence-electron chi connectivity index (χ3n) is 3.59. The van der Waals surface area contributed by atoms with Crippen LogP contribution in [0, 0.1) is 0 Å². The fourth-order valence-electron chi connectivity index (χ4n) is 2.49. The monoisotopic (exact) mass is 333 g/mol. The highest BCUT2D eigenvalue weighted by Gasteiger charge is 2.68. The van der Waals surface area contributed by atoms with E-state index in [4.69, 9.17) is 5.73 Å². The van der Waals surface area contributed by atoms with Gasteiger partial charge in [0.15, 0.2) is 9.84 Å². The van der Waals surface area contributed by atoms with Gasteiger partial charge in [-0.3, -0.25) is 0 Å². The summed E-state index contributed by atoms with van der Waals surface area (Å²) in [6, 6.07) is 7.39. The Morgan fingerprint density at radius 3 is 2.39 bits per heavy atom. The van der Waals surface area contributed by atoms with E-state index in [1.165, 1.54) is 0 Å². The lowest BCUT2D eigenvalue weighted by atomic mass is 10.1. The maximum atomic E-state index is 12.0. The molecule has 4 nitrogen and oxygen atoms in total. The highest BCUT2D eigenvalue weighted by Crippen LogP contribution is 2.54. The molecule has 1 aromatic rings. The van der Waals surface area contributed by atoms with Crippen molar-refractivity contribution in [3.8, 4) is 0 Å². The molecule has 0 amide bonds. The van der Waals surface area contributed by atoms with Gasteiger partial charge < -0.3 is 10.8 Å². The first kappa shape index (κ1) is 14.0. The minimum Gasteiger partial charge on any atom is -0.394 e. The summed E-state index contributed by atoms with van der Waals surface area (Å²) in [5, 5.41) is 8.70. The van der Waals surface area contributed by atoms with Gasteiger partial charge in [0.05, 0.1) is 17.4 Å². The number of aliphatic hydroxyl groups is 1. The van der Waals surface area contributed by atoms with Gasteiger partial charge in [-0.1, -0.05) is 35.0 Å². The van der Waals surface area contributed by atoms with E-state index in [1.807, 2.05) is 24.3 Å². The van der Waals surface area contributed by atoms with Gasteiger partial charge in [0.25, 0.3) is 0 Å². The van der Waals surface area contributed by atoms with E-state index in [9.17, 15) is 13.5 Å². The van der Waals surface area contributed by atoms with Crippen molar-refractivity contribution in [2.45, 2.75) is 23.6 Å². The Labute approximate surface area is 115 Å². The van der Waals surface area contributed by atoms with Crippen molar-refractivity contribution in [2.75, 3.05) is 12.4 Å². The minimum atomic E-state index is -3.25. The molecule has 1 aliphatic carbocycles. The maximum Gasteiger partial charge on any atom is 0.155 e. The molecule has 3 N–H and O–H groups in total. The van der Waals surface area contributed by atoms with E-state index in [1.54, 1.807) is 6.92 Å². The lowest BCUT2D eigenvalue weighted by molar-refractivity contribution is 0.253. The predicted molar refractivity (Wildman–Crippen MR) is 74.1 cm³/mol. The molecule has 1 aliphatic rings. The zero-order chi connectivity index (χ0) is 13.6. The normalized spacial score (nSPS) is 31.3. The van der Waals surface area contributed by atoms with Crippen LogP contribution in [-0.4, -0.2) is 36.7 Å². The second-order valence-electron chi connectivity index (χ2n) is 4.67. The molecule has 2 rings (SSSR count). The van der Waals surface area contributed by atoms with E-state index in [2.05, 4.69) is 15.9 Å². The molecule has 0 spiro atoms. The Balaban J connectivity index is 2.37. The van der Waals surface area contributed by atoms with Gasteiger partial charge in [0.2, 0.25) is 0 Å². The molecular weight excluding hydrogens is 318 g/mol. The topological polar surface area (TPSA) is 80.4 Å². The van der Waals surface area contributed by atoms with Crippen LogP contribution in [-0.2, 0) is 9.84 Å². The SMILES string of the molecule is CCS(=O)(=O)[C@@H]1[C@@H](c2ccc(Br)cc2)[C@@]1(N)CO. The zero-order valence-corrected chi connectivity index (χ0v) is 12.4. The van der Waals surface area contributed by atoms with E-state index in [0.29, 0.717) is 0 Å². The van der Waals surface area contributed by atoms with Crippen molar-refractivity contribution < 1.29 is 13.5 Å². The number of aliphatic hydroxyl groups excluding tert-OH is 1. The highest BCUT2D eigenvalue weighted by molar-refractivity contribution is 9.10. The second-order valence-corrected chi connectivity index (χ2v) is 8.00. The fraction of sp³-hybridized carbons (Fsp3) is 0.500. The van der Waals surface area contributed by atoms with Gasteiger partial charge >= 0.3 is 0 Å². The average Bonchev–Trinajstić information content (AvgIpc) is 2.98. The Morgan fingerprint density at radius 1 is 1.39 bits per heavy atom. The van der Waals surface area contributed by atoms with E-state index < -0.39 is 20.6 Å². The van der Waals surface area contributed by atoms with Gasteiger partial charge in [-0.2, -0.15) is 0 Å². The summed E-state index contributed by atoms with van der Waals surface area (Å²) in [7, 11) is -3.25. The zero-order valence-electron chi connectivity index (χ0n) is 10.0. The van der Waals surface area contributed by atoms with E-state index in [-0.39, 0.29) is 18.3 Å². The van der Waals surface area contributed by atoms with Crippen molar-refractivity contribution in [3.05, 3.63) is 34.3 Å². The number of nitrogens with two attached hydrogens (primary N) is 1. The predicted octanol–water partition coefficient (Wildman–Crippen LogP) is 1.04. The van der Waals surface area contributed by atoms with Gasteiger partial charge in [0.1, 0.15) is 0 Å². The van der Waals surface area contributed by atoms with E-state index in [0.717, 1.165) is 10.0 Å². The number of benzene rings is 1. The average molecular weight is 334 g/mol. The van der Waals surface area contributed by atoms with Crippen molar-refractivity contribution in [3.63, 3.8) is 0 Å². The first-order valence-electron chi connectivity index (χ1n) is 5.73. The van der Waals surface area contributed by atoms with Crippen molar-refractivity contribution >= 4 is 25.8 Å². The second kappa shape index (κ2) is 4.59. The van der Waals surface area contributed by atoms with Crippen LogP contribution in [0.3, 0.4) is 0 Å². The highest BCUT2D eigenvalue weighted by atomic mass is 79.9. The number of hydrogen-bond acceptors (Lipinski definition) is 4. The Morgan fingerprint density at radius 2 is 1.94 bits per heavy atom. The molecule has 0 unspecified atom stereocenters. The van der Waals surface area contributed by atoms with Crippen LogP contribution in [0.4, 0.5) is 0 Å². The molecular formula is C12H16BrNO3S. The van der Waals surface area contributed by atoms with Gasteiger partial charge in [-0.15, -0.1) is 0 Å². The first-order chi connectivity index (χ1) is 8.36. The molecule has 100 valence electrons. The Hall–Kier alpha value is -0.430. The molecule has 6 heteroatoms. The quantitative estimate of drug-likeness (QED) is 0.862. The number of hydrogen-bond donors (Lipinski definition) is 2. The van der Waals surface area contributed by atoms with Crippen LogP contribution in [0.5, 0.6) is 0 Å². The maximum absolute atomic E-state index is 12.0. The third kappa shape index (κ3) is 2.11. The van der Waals surface area contributed by atoms with Crippen LogP contribution < -0.4 is 5.73 Å².